The van der Waals surface area contributed by atoms with Crippen molar-refractivity contribution in [2.24, 2.45) is 5.92 Å². The van der Waals surface area contributed by atoms with Gasteiger partial charge in [-0.05, 0) is 43.2 Å². The molecule has 6 nitrogen and oxygen atoms in total. The maximum absolute atomic E-state index is 12.8. The molecule has 2 amide bonds. The zero-order chi connectivity index (χ0) is 20.3. The number of para-hydroxylation sites is 1. The van der Waals surface area contributed by atoms with Gasteiger partial charge in [0.1, 0.15) is 5.69 Å². The Morgan fingerprint density at radius 2 is 1.68 bits per heavy atom. The molecular weight excluding hydrogens is 352 g/mol. The van der Waals surface area contributed by atoms with Crippen LogP contribution in [0.5, 0.6) is 0 Å². The molecule has 0 atom stereocenters. The molecule has 2 N–H and O–H groups in total. The molecule has 0 fully saturated rings. The molecule has 0 saturated carbocycles. The number of hydrazine groups is 1. The van der Waals surface area contributed by atoms with Gasteiger partial charge in [0.05, 0.1) is 11.3 Å². The fraction of sp³-hybridized carbons (Fsp3) is 0.227. The van der Waals surface area contributed by atoms with E-state index in [2.05, 4.69) is 16.0 Å². The van der Waals surface area contributed by atoms with Crippen LogP contribution in [0.1, 0.15) is 35.3 Å². The summed E-state index contributed by atoms with van der Waals surface area (Å²) >= 11 is 0. The van der Waals surface area contributed by atoms with Crippen molar-refractivity contribution in [3.8, 4) is 16.9 Å². The fourth-order valence-corrected chi connectivity index (χ4v) is 2.69. The second kappa shape index (κ2) is 8.08. The fourth-order valence-electron chi connectivity index (χ4n) is 2.69. The number of amides is 2. The lowest BCUT2D eigenvalue weighted by atomic mass is 10.0. The van der Waals surface area contributed by atoms with Crippen molar-refractivity contribution >= 4 is 11.8 Å². The molecule has 28 heavy (non-hydrogen) atoms. The van der Waals surface area contributed by atoms with Gasteiger partial charge in [0, 0.05) is 17.7 Å². The summed E-state index contributed by atoms with van der Waals surface area (Å²) in [6.45, 7) is 7.58. The number of hydrogen-bond acceptors (Lipinski definition) is 3. The number of carbonyl (C=O) groups is 2. The van der Waals surface area contributed by atoms with Crippen LogP contribution in [0, 0.1) is 19.8 Å². The van der Waals surface area contributed by atoms with E-state index in [4.69, 9.17) is 0 Å². The number of nitrogens with one attached hydrogen (secondary N) is 2. The van der Waals surface area contributed by atoms with Gasteiger partial charge >= 0.3 is 0 Å². The van der Waals surface area contributed by atoms with Gasteiger partial charge in [-0.2, -0.15) is 5.10 Å². The first kappa shape index (κ1) is 19.4. The van der Waals surface area contributed by atoms with E-state index in [1.54, 1.807) is 24.7 Å². The SMILES string of the molecule is Cc1ccc(-c2nn(-c3ccccc3)cc2C(=O)NNC(=O)C(C)C)cc1C. The van der Waals surface area contributed by atoms with Gasteiger partial charge in [-0.15, -0.1) is 0 Å². The first-order valence-electron chi connectivity index (χ1n) is 9.19. The molecule has 0 spiro atoms. The molecule has 144 valence electrons. The third-order valence-corrected chi connectivity index (χ3v) is 4.58. The minimum absolute atomic E-state index is 0.230. The van der Waals surface area contributed by atoms with E-state index in [1.807, 2.05) is 62.4 Å². The van der Waals surface area contributed by atoms with Crippen LogP contribution in [0.3, 0.4) is 0 Å². The number of carbonyl (C=O) groups excluding carboxylic acids is 2. The molecule has 1 aromatic heterocycles. The maximum Gasteiger partial charge on any atom is 0.273 e. The number of aromatic nitrogens is 2. The number of rotatable bonds is 4. The molecule has 0 radical (unpaired) electrons. The topological polar surface area (TPSA) is 76.0 Å². The Labute approximate surface area is 164 Å². The zero-order valence-electron chi connectivity index (χ0n) is 16.5. The van der Waals surface area contributed by atoms with Crippen molar-refractivity contribution in [2.75, 3.05) is 0 Å². The summed E-state index contributed by atoms with van der Waals surface area (Å²) in [5.41, 5.74) is 9.86. The van der Waals surface area contributed by atoms with E-state index in [0.29, 0.717) is 11.3 Å². The van der Waals surface area contributed by atoms with Crippen molar-refractivity contribution in [3.05, 3.63) is 71.4 Å². The third-order valence-electron chi connectivity index (χ3n) is 4.58. The van der Waals surface area contributed by atoms with E-state index in [1.165, 1.54) is 5.56 Å². The molecular formula is C22H24N4O2. The molecule has 6 heteroatoms. The highest BCUT2D eigenvalue weighted by atomic mass is 16.2. The Morgan fingerprint density at radius 3 is 2.32 bits per heavy atom. The van der Waals surface area contributed by atoms with Crippen LogP contribution in [0.2, 0.25) is 0 Å². The Bertz CT molecular complexity index is 1010. The lowest BCUT2D eigenvalue weighted by Crippen LogP contribution is -2.43. The van der Waals surface area contributed by atoms with Gasteiger partial charge in [0.2, 0.25) is 5.91 Å². The summed E-state index contributed by atoms with van der Waals surface area (Å²) in [6, 6.07) is 15.5. The number of nitrogens with zero attached hydrogens (tertiary/aromatic N) is 2. The second-order valence-electron chi connectivity index (χ2n) is 7.07. The van der Waals surface area contributed by atoms with Crippen LogP contribution in [0.15, 0.2) is 54.7 Å². The summed E-state index contributed by atoms with van der Waals surface area (Å²) in [7, 11) is 0. The highest BCUT2D eigenvalue weighted by Crippen LogP contribution is 2.25. The van der Waals surface area contributed by atoms with Crippen molar-refractivity contribution in [1.82, 2.24) is 20.6 Å². The summed E-state index contributed by atoms with van der Waals surface area (Å²) in [4.78, 5) is 24.6. The summed E-state index contributed by atoms with van der Waals surface area (Å²) in [5.74, 6) is -0.896. The summed E-state index contributed by atoms with van der Waals surface area (Å²) in [6.07, 6.45) is 1.68. The van der Waals surface area contributed by atoms with Gasteiger partial charge in [-0.1, -0.05) is 44.2 Å². The van der Waals surface area contributed by atoms with E-state index in [0.717, 1.165) is 16.8 Å². The highest BCUT2D eigenvalue weighted by molar-refractivity contribution is 6.00. The van der Waals surface area contributed by atoms with Crippen molar-refractivity contribution < 1.29 is 9.59 Å². The molecule has 0 saturated heterocycles. The summed E-state index contributed by atoms with van der Waals surface area (Å²) in [5, 5.41) is 4.65. The van der Waals surface area contributed by atoms with Gasteiger partial charge in [-0.25, -0.2) is 4.68 Å². The van der Waals surface area contributed by atoms with Crippen LogP contribution in [0.25, 0.3) is 16.9 Å². The highest BCUT2D eigenvalue weighted by Gasteiger charge is 2.20. The lowest BCUT2D eigenvalue weighted by Gasteiger charge is -2.09. The largest absolute Gasteiger partial charge is 0.273 e. The Morgan fingerprint density at radius 1 is 0.964 bits per heavy atom. The lowest BCUT2D eigenvalue weighted by molar-refractivity contribution is -0.124. The smallest absolute Gasteiger partial charge is 0.273 e. The molecule has 0 aliphatic rings. The quantitative estimate of drug-likeness (QED) is 0.684. The predicted octanol–water partition coefficient (Wildman–Crippen LogP) is 3.57. The molecule has 0 aliphatic heterocycles. The zero-order valence-corrected chi connectivity index (χ0v) is 16.5. The Balaban J connectivity index is 2.01. The molecule has 0 unspecified atom stereocenters. The molecule has 3 aromatic rings. The van der Waals surface area contributed by atoms with E-state index in [-0.39, 0.29) is 11.8 Å². The van der Waals surface area contributed by atoms with Crippen LogP contribution >= 0.6 is 0 Å². The predicted molar refractivity (Wildman–Crippen MR) is 109 cm³/mol. The Kier molecular flexibility index (Phi) is 5.59. The monoisotopic (exact) mass is 376 g/mol. The van der Waals surface area contributed by atoms with Crippen LogP contribution in [0.4, 0.5) is 0 Å². The van der Waals surface area contributed by atoms with Gasteiger partial charge in [-0.3, -0.25) is 20.4 Å². The normalized spacial score (nSPS) is 10.8. The number of benzene rings is 2. The van der Waals surface area contributed by atoms with Crippen molar-refractivity contribution in [1.29, 1.82) is 0 Å². The molecule has 3 rings (SSSR count). The summed E-state index contributed by atoms with van der Waals surface area (Å²) < 4.78 is 1.67. The van der Waals surface area contributed by atoms with Crippen LogP contribution < -0.4 is 10.9 Å². The average Bonchev–Trinajstić information content (AvgIpc) is 3.14. The second-order valence-corrected chi connectivity index (χ2v) is 7.07. The van der Waals surface area contributed by atoms with Gasteiger partial charge in [0.15, 0.2) is 0 Å². The van der Waals surface area contributed by atoms with Crippen LogP contribution in [-0.2, 0) is 4.79 Å². The maximum atomic E-state index is 12.8. The first-order chi connectivity index (χ1) is 13.4. The van der Waals surface area contributed by atoms with E-state index in [9.17, 15) is 9.59 Å². The first-order valence-corrected chi connectivity index (χ1v) is 9.19. The third kappa shape index (κ3) is 4.11. The standard InChI is InChI=1S/C22H24N4O2/c1-14(2)21(27)23-24-22(28)19-13-26(18-8-6-5-7-9-18)25-20(19)17-11-10-15(3)16(4)12-17/h5-14H,1-4H3,(H,23,27)(H,24,28). The molecule has 2 aromatic carbocycles. The number of aryl methyl sites for hydroxylation is 2. The number of hydrogen-bond donors (Lipinski definition) is 2. The Hall–Kier alpha value is -3.41. The average molecular weight is 376 g/mol. The molecule has 1 heterocycles. The van der Waals surface area contributed by atoms with Crippen molar-refractivity contribution in [2.45, 2.75) is 27.7 Å². The van der Waals surface area contributed by atoms with Crippen LogP contribution in [-0.4, -0.2) is 21.6 Å². The van der Waals surface area contributed by atoms with E-state index < -0.39 is 5.91 Å². The van der Waals surface area contributed by atoms with Gasteiger partial charge in [0.25, 0.3) is 5.91 Å². The van der Waals surface area contributed by atoms with Crippen molar-refractivity contribution in [3.63, 3.8) is 0 Å². The minimum atomic E-state index is -0.413. The molecule has 0 bridgehead atoms. The minimum Gasteiger partial charge on any atom is -0.273 e. The molecule has 0 aliphatic carbocycles. The van der Waals surface area contributed by atoms with Gasteiger partial charge < -0.3 is 0 Å². The van der Waals surface area contributed by atoms with E-state index >= 15 is 0 Å².